The van der Waals surface area contributed by atoms with Gasteiger partial charge in [-0.1, -0.05) is 42.5 Å². The fourth-order valence-electron chi connectivity index (χ4n) is 2.71. The zero-order valence-electron chi connectivity index (χ0n) is 19.1. The predicted molar refractivity (Wildman–Crippen MR) is 131 cm³/mol. The number of benzene rings is 2. The first-order chi connectivity index (χ1) is 15.9. The van der Waals surface area contributed by atoms with E-state index in [0.29, 0.717) is 30.7 Å². The molecule has 8 heteroatoms. The molecule has 0 aliphatic carbocycles. The average Bonchev–Trinajstić information content (AvgIpc) is 3.25. The van der Waals surface area contributed by atoms with Crippen molar-refractivity contribution in [3.05, 3.63) is 72.1 Å². The molecule has 0 unspecified atom stereocenters. The van der Waals surface area contributed by atoms with Crippen molar-refractivity contribution in [3.63, 3.8) is 0 Å². The van der Waals surface area contributed by atoms with Gasteiger partial charge in [0.25, 0.3) is 0 Å². The highest BCUT2D eigenvalue weighted by Gasteiger charge is 2.15. The molecular weight excluding hydrogens is 438 g/mol. The molecule has 1 N–H and O–H groups in total. The molecule has 2 aromatic carbocycles. The Morgan fingerprint density at radius 3 is 2.58 bits per heavy atom. The van der Waals surface area contributed by atoms with Gasteiger partial charge in [0.15, 0.2) is 0 Å². The summed E-state index contributed by atoms with van der Waals surface area (Å²) in [6.07, 6.45) is 3.35. The van der Waals surface area contributed by atoms with E-state index in [-0.39, 0.29) is 0 Å². The first-order valence-corrected chi connectivity index (χ1v) is 11.9. The van der Waals surface area contributed by atoms with Gasteiger partial charge in [0.2, 0.25) is 11.8 Å². The number of nitrogens with one attached hydrogen (secondary N) is 1. The van der Waals surface area contributed by atoms with Crippen molar-refractivity contribution >= 4 is 23.9 Å². The van der Waals surface area contributed by atoms with E-state index in [2.05, 4.69) is 15.5 Å². The van der Waals surface area contributed by atoms with Gasteiger partial charge in [0.05, 0.1) is 12.4 Å². The molecule has 0 saturated carbocycles. The molecule has 0 aliphatic heterocycles. The van der Waals surface area contributed by atoms with Crippen molar-refractivity contribution < 1.29 is 18.7 Å². The number of thioether (sulfide) groups is 1. The van der Waals surface area contributed by atoms with Crippen LogP contribution in [0.1, 0.15) is 32.2 Å². The Morgan fingerprint density at radius 2 is 1.85 bits per heavy atom. The van der Waals surface area contributed by atoms with E-state index >= 15 is 0 Å². The molecule has 174 valence electrons. The van der Waals surface area contributed by atoms with Gasteiger partial charge in [-0.2, -0.15) is 0 Å². The van der Waals surface area contributed by atoms with Gasteiger partial charge in [0.1, 0.15) is 11.4 Å². The molecule has 0 atom stereocenters. The molecule has 0 saturated heterocycles. The Labute approximate surface area is 198 Å². The molecule has 1 heterocycles. The van der Waals surface area contributed by atoms with Crippen molar-refractivity contribution in [1.29, 1.82) is 0 Å². The van der Waals surface area contributed by atoms with Crippen LogP contribution in [0.2, 0.25) is 0 Å². The number of carbonyl (C=O) groups is 1. The first kappa shape index (κ1) is 24.4. The van der Waals surface area contributed by atoms with Gasteiger partial charge in [-0.25, -0.2) is 4.79 Å². The molecule has 0 bridgehead atoms. The number of hydrogen-bond acceptors (Lipinski definition) is 7. The highest BCUT2D eigenvalue weighted by atomic mass is 32.2. The Kier molecular flexibility index (Phi) is 8.95. The van der Waals surface area contributed by atoms with Crippen LogP contribution in [0.15, 0.2) is 65.1 Å². The number of alkyl carbamates (subject to hydrolysis) is 1. The monoisotopic (exact) mass is 467 g/mol. The zero-order chi connectivity index (χ0) is 23.5. The maximum Gasteiger partial charge on any atom is 0.407 e. The van der Waals surface area contributed by atoms with Crippen molar-refractivity contribution in [2.75, 3.05) is 18.9 Å². The third-order valence-corrected chi connectivity index (χ3v) is 5.07. The molecule has 33 heavy (non-hydrogen) atoms. The summed E-state index contributed by atoms with van der Waals surface area (Å²) in [6.45, 7) is 6.50. The van der Waals surface area contributed by atoms with Crippen LogP contribution < -0.4 is 10.1 Å². The lowest BCUT2D eigenvalue weighted by molar-refractivity contribution is 0.0534. The van der Waals surface area contributed by atoms with Crippen molar-refractivity contribution in [3.8, 4) is 17.2 Å². The minimum absolute atomic E-state index is 0.387. The van der Waals surface area contributed by atoms with Crippen LogP contribution in [0, 0.1) is 0 Å². The smallest absolute Gasteiger partial charge is 0.407 e. The maximum absolute atomic E-state index is 11.6. The molecule has 1 amide bonds. The van der Waals surface area contributed by atoms with Gasteiger partial charge < -0.3 is 19.2 Å². The normalized spacial score (nSPS) is 11.5. The van der Waals surface area contributed by atoms with Crippen LogP contribution in [0.3, 0.4) is 0 Å². The maximum atomic E-state index is 11.6. The van der Waals surface area contributed by atoms with Crippen LogP contribution in [-0.2, 0) is 10.5 Å². The third-order valence-electron chi connectivity index (χ3n) is 4.16. The van der Waals surface area contributed by atoms with Gasteiger partial charge in [-0.3, -0.25) is 0 Å². The van der Waals surface area contributed by atoms with E-state index in [1.807, 2.05) is 87.5 Å². The lowest BCUT2D eigenvalue weighted by Gasteiger charge is -2.19. The van der Waals surface area contributed by atoms with Crippen LogP contribution in [0.5, 0.6) is 5.75 Å². The number of aromatic nitrogens is 2. The van der Waals surface area contributed by atoms with E-state index in [1.54, 1.807) is 11.8 Å². The standard InChI is InChI=1S/C25H29N3O4S/c1-25(2,3)32-24(29)26-15-7-8-19-11-13-20(14-12-19)23-28-27-22(31-23)18-33-17-16-30-21-9-5-4-6-10-21/h4-14H,15-18H2,1-3H3,(H,26,29)/b8-7+. The lowest BCUT2D eigenvalue weighted by atomic mass is 10.1. The second-order valence-electron chi connectivity index (χ2n) is 8.12. The first-order valence-electron chi connectivity index (χ1n) is 10.7. The van der Waals surface area contributed by atoms with Gasteiger partial charge in [0, 0.05) is 17.9 Å². The Balaban J connectivity index is 1.39. The summed E-state index contributed by atoms with van der Waals surface area (Å²) in [6, 6.07) is 17.5. The Morgan fingerprint density at radius 1 is 1.09 bits per heavy atom. The largest absolute Gasteiger partial charge is 0.493 e. The van der Waals surface area contributed by atoms with E-state index in [1.165, 1.54) is 0 Å². The van der Waals surface area contributed by atoms with Gasteiger partial charge in [-0.15, -0.1) is 22.0 Å². The molecular formula is C25H29N3O4S. The highest BCUT2D eigenvalue weighted by molar-refractivity contribution is 7.98. The van der Waals surface area contributed by atoms with Gasteiger partial charge >= 0.3 is 6.09 Å². The van der Waals surface area contributed by atoms with Crippen LogP contribution >= 0.6 is 11.8 Å². The second-order valence-corrected chi connectivity index (χ2v) is 9.23. The number of ether oxygens (including phenoxy) is 2. The summed E-state index contributed by atoms with van der Waals surface area (Å²) in [4.78, 5) is 11.6. The average molecular weight is 468 g/mol. The fraction of sp³-hybridized carbons (Fsp3) is 0.320. The second kappa shape index (κ2) is 12.1. The quantitative estimate of drug-likeness (QED) is 0.389. The van der Waals surface area contributed by atoms with E-state index in [4.69, 9.17) is 13.9 Å². The minimum Gasteiger partial charge on any atom is -0.493 e. The number of hydrogen-bond donors (Lipinski definition) is 1. The van der Waals surface area contributed by atoms with Crippen LogP contribution in [0.4, 0.5) is 4.79 Å². The van der Waals surface area contributed by atoms with Crippen molar-refractivity contribution in [2.24, 2.45) is 0 Å². The summed E-state index contributed by atoms with van der Waals surface area (Å²) in [5.41, 5.74) is 1.35. The summed E-state index contributed by atoms with van der Waals surface area (Å²) < 4.78 is 16.6. The lowest BCUT2D eigenvalue weighted by Crippen LogP contribution is -2.32. The molecule has 0 fully saturated rings. The Bertz CT molecular complexity index is 1030. The summed E-state index contributed by atoms with van der Waals surface area (Å²) in [7, 11) is 0. The van der Waals surface area contributed by atoms with Crippen LogP contribution in [-0.4, -0.2) is 40.8 Å². The molecule has 0 radical (unpaired) electrons. The number of amides is 1. The predicted octanol–water partition coefficient (Wildman–Crippen LogP) is 5.59. The van der Waals surface area contributed by atoms with Crippen LogP contribution in [0.25, 0.3) is 17.5 Å². The number of nitrogens with zero attached hydrogens (tertiary/aromatic N) is 2. The number of para-hydroxylation sites is 1. The SMILES string of the molecule is CC(C)(C)OC(=O)NC/C=C/c1ccc(-c2nnc(CSCCOc3ccccc3)o2)cc1. The summed E-state index contributed by atoms with van der Waals surface area (Å²) in [5.74, 6) is 3.42. The van der Waals surface area contributed by atoms with Crippen molar-refractivity contribution in [2.45, 2.75) is 32.1 Å². The van der Waals surface area contributed by atoms with Crippen molar-refractivity contribution in [1.82, 2.24) is 15.5 Å². The molecule has 7 nitrogen and oxygen atoms in total. The molecule has 3 aromatic rings. The molecule has 0 aliphatic rings. The summed E-state index contributed by atoms with van der Waals surface area (Å²) in [5, 5.41) is 11.0. The van der Waals surface area contributed by atoms with Gasteiger partial charge in [-0.05, 0) is 50.6 Å². The molecule has 1 aromatic heterocycles. The zero-order valence-corrected chi connectivity index (χ0v) is 19.9. The minimum atomic E-state index is -0.506. The topological polar surface area (TPSA) is 86.5 Å². The highest BCUT2D eigenvalue weighted by Crippen LogP contribution is 2.21. The third kappa shape index (κ3) is 9.02. The molecule has 3 rings (SSSR count). The number of rotatable bonds is 10. The van der Waals surface area contributed by atoms with E-state index in [9.17, 15) is 4.79 Å². The van der Waals surface area contributed by atoms with E-state index in [0.717, 1.165) is 22.6 Å². The fourth-order valence-corrected chi connectivity index (χ4v) is 3.35. The number of carbonyl (C=O) groups excluding carboxylic acids is 1. The Hall–Kier alpha value is -3.26. The molecule has 0 spiro atoms. The summed E-state index contributed by atoms with van der Waals surface area (Å²) >= 11 is 1.68. The van der Waals surface area contributed by atoms with E-state index < -0.39 is 11.7 Å².